The summed E-state index contributed by atoms with van der Waals surface area (Å²) in [5, 5.41) is 2.56. The maximum Gasteiger partial charge on any atom is 0.0726 e. The lowest BCUT2D eigenvalue weighted by molar-refractivity contribution is 0.793. The number of anilines is 2. The molecule has 2 nitrogen and oxygen atoms in total. The van der Waals surface area contributed by atoms with Crippen LogP contribution in [0.15, 0.2) is 188 Å². The Kier molecular flexibility index (Phi) is 6.12. The second-order valence-corrected chi connectivity index (χ2v) is 14.1. The fraction of sp³-hybridized carbons (Fsp3) is 0.0400. The standard InChI is InChI=1S/C50H34N2/c1-51(35-26-22-33(23-27-35)34-24-28-36(29-25-34)52-48-20-10-5-15-42(48)43-16-6-11-21-49(43)52)37-30-31-41-40-14-4-9-19-46(40)50(47(41)32-37)44-17-7-2-12-38(44)39-13-3-8-18-45(39)50/h2-32H,1H3. The van der Waals surface area contributed by atoms with Gasteiger partial charge in [0.1, 0.15) is 0 Å². The number of para-hydroxylation sites is 2. The summed E-state index contributed by atoms with van der Waals surface area (Å²) >= 11 is 0. The monoisotopic (exact) mass is 662 g/mol. The number of hydrogen-bond acceptors (Lipinski definition) is 1. The Labute approximate surface area is 303 Å². The molecule has 0 unspecified atom stereocenters. The zero-order chi connectivity index (χ0) is 34.4. The van der Waals surface area contributed by atoms with Gasteiger partial charge in [-0.15, -0.1) is 0 Å². The van der Waals surface area contributed by atoms with Gasteiger partial charge in [0.2, 0.25) is 0 Å². The van der Waals surface area contributed by atoms with Crippen molar-refractivity contribution in [1.29, 1.82) is 0 Å². The van der Waals surface area contributed by atoms with Crippen molar-refractivity contribution in [3.05, 3.63) is 210 Å². The number of rotatable bonds is 4. The molecule has 11 rings (SSSR count). The van der Waals surface area contributed by atoms with Crippen molar-refractivity contribution < 1.29 is 0 Å². The van der Waals surface area contributed by atoms with Crippen LogP contribution in [0.5, 0.6) is 0 Å². The van der Waals surface area contributed by atoms with Crippen molar-refractivity contribution >= 4 is 33.2 Å². The highest BCUT2D eigenvalue weighted by Crippen LogP contribution is 2.63. The average molecular weight is 663 g/mol. The highest BCUT2D eigenvalue weighted by molar-refractivity contribution is 6.09. The number of benzene rings is 8. The molecule has 0 radical (unpaired) electrons. The van der Waals surface area contributed by atoms with Gasteiger partial charge in [-0.3, -0.25) is 0 Å². The van der Waals surface area contributed by atoms with Gasteiger partial charge >= 0.3 is 0 Å². The highest BCUT2D eigenvalue weighted by Gasteiger charge is 2.51. The van der Waals surface area contributed by atoms with E-state index in [-0.39, 0.29) is 5.41 Å². The van der Waals surface area contributed by atoms with E-state index in [1.807, 2.05) is 0 Å². The van der Waals surface area contributed by atoms with Crippen LogP contribution in [0.4, 0.5) is 11.4 Å². The summed E-state index contributed by atoms with van der Waals surface area (Å²) in [5.74, 6) is 0. The van der Waals surface area contributed by atoms with E-state index in [4.69, 9.17) is 0 Å². The van der Waals surface area contributed by atoms with Gasteiger partial charge in [0, 0.05) is 34.9 Å². The third-order valence-corrected chi connectivity index (χ3v) is 11.7. The maximum absolute atomic E-state index is 2.44. The molecule has 0 saturated carbocycles. The maximum atomic E-state index is 2.44. The molecule has 1 spiro atoms. The lowest BCUT2D eigenvalue weighted by Gasteiger charge is -2.31. The fourth-order valence-electron chi connectivity index (χ4n) is 9.32. The molecule has 1 aromatic heterocycles. The Morgan fingerprint density at radius 3 is 1.35 bits per heavy atom. The summed E-state index contributed by atoms with van der Waals surface area (Å²) in [6.07, 6.45) is 0. The van der Waals surface area contributed by atoms with Crippen LogP contribution < -0.4 is 4.90 Å². The third-order valence-electron chi connectivity index (χ3n) is 11.7. The number of aromatic nitrogens is 1. The van der Waals surface area contributed by atoms with Gasteiger partial charge in [-0.2, -0.15) is 0 Å². The lowest BCUT2D eigenvalue weighted by atomic mass is 9.70. The van der Waals surface area contributed by atoms with E-state index in [1.165, 1.54) is 88.8 Å². The van der Waals surface area contributed by atoms with E-state index >= 15 is 0 Å². The van der Waals surface area contributed by atoms with Crippen molar-refractivity contribution in [3.8, 4) is 39.1 Å². The molecule has 1 heterocycles. The fourth-order valence-corrected chi connectivity index (χ4v) is 9.32. The van der Waals surface area contributed by atoms with Crippen LogP contribution in [-0.4, -0.2) is 11.6 Å². The quantitative estimate of drug-likeness (QED) is 0.182. The second-order valence-electron chi connectivity index (χ2n) is 14.1. The zero-order valence-electron chi connectivity index (χ0n) is 28.8. The van der Waals surface area contributed by atoms with Crippen molar-refractivity contribution in [2.45, 2.75) is 5.41 Å². The summed E-state index contributed by atoms with van der Waals surface area (Å²) in [4.78, 5) is 2.32. The Bertz CT molecular complexity index is 2740. The molecule has 52 heavy (non-hydrogen) atoms. The molecule has 0 saturated heterocycles. The smallest absolute Gasteiger partial charge is 0.0726 e. The molecule has 2 heteroatoms. The Balaban J connectivity index is 0.953. The van der Waals surface area contributed by atoms with E-state index in [1.54, 1.807) is 0 Å². The van der Waals surface area contributed by atoms with Crippen LogP contribution in [0, 0.1) is 0 Å². The van der Waals surface area contributed by atoms with Crippen LogP contribution in [0.2, 0.25) is 0 Å². The third kappa shape index (κ3) is 3.89. The van der Waals surface area contributed by atoms with Crippen molar-refractivity contribution in [1.82, 2.24) is 4.57 Å². The molecule has 0 bridgehead atoms. The molecule has 8 aromatic carbocycles. The first-order chi connectivity index (χ1) is 25.7. The van der Waals surface area contributed by atoms with Crippen LogP contribution in [0.3, 0.4) is 0 Å². The molecule has 0 aliphatic heterocycles. The summed E-state index contributed by atoms with van der Waals surface area (Å²) in [6.45, 7) is 0. The topological polar surface area (TPSA) is 8.17 Å². The van der Waals surface area contributed by atoms with Gasteiger partial charge in [0.05, 0.1) is 16.4 Å². The predicted octanol–water partition coefficient (Wildman–Crippen LogP) is 12.6. The van der Waals surface area contributed by atoms with E-state index < -0.39 is 0 Å². The molecule has 244 valence electrons. The first kappa shape index (κ1) is 29.1. The highest BCUT2D eigenvalue weighted by atomic mass is 15.1. The molecule has 2 aliphatic rings. The van der Waals surface area contributed by atoms with Crippen LogP contribution in [0.1, 0.15) is 22.3 Å². The second kappa shape index (κ2) is 10.9. The molecule has 0 fully saturated rings. The average Bonchev–Trinajstić information content (AvgIpc) is 3.82. The van der Waals surface area contributed by atoms with Crippen LogP contribution in [-0.2, 0) is 5.41 Å². The minimum Gasteiger partial charge on any atom is -0.345 e. The lowest BCUT2D eigenvalue weighted by Crippen LogP contribution is -2.26. The molecular weight excluding hydrogens is 629 g/mol. The minimum atomic E-state index is -0.342. The van der Waals surface area contributed by atoms with Crippen molar-refractivity contribution in [2.24, 2.45) is 0 Å². The van der Waals surface area contributed by atoms with Crippen LogP contribution >= 0.6 is 0 Å². The van der Waals surface area contributed by atoms with Gasteiger partial charge < -0.3 is 9.47 Å². The minimum absolute atomic E-state index is 0.342. The Morgan fingerprint density at radius 2 is 0.808 bits per heavy atom. The summed E-state index contributed by atoms with van der Waals surface area (Å²) in [6, 6.07) is 69.4. The van der Waals surface area contributed by atoms with E-state index in [2.05, 4.69) is 205 Å². The van der Waals surface area contributed by atoms with E-state index in [0.717, 1.165) is 5.69 Å². The van der Waals surface area contributed by atoms with Gasteiger partial charge in [0.15, 0.2) is 0 Å². The van der Waals surface area contributed by atoms with E-state index in [9.17, 15) is 0 Å². The molecule has 0 amide bonds. The van der Waals surface area contributed by atoms with Gasteiger partial charge in [-0.1, -0.05) is 140 Å². The zero-order valence-corrected chi connectivity index (χ0v) is 28.8. The summed E-state index contributed by atoms with van der Waals surface area (Å²) in [5.41, 5.74) is 18.8. The molecule has 0 atom stereocenters. The molecule has 0 N–H and O–H groups in total. The van der Waals surface area contributed by atoms with E-state index in [0.29, 0.717) is 0 Å². The predicted molar refractivity (Wildman–Crippen MR) is 217 cm³/mol. The first-order valence-corrected chi connectivity index (χ1v) is 18.1. The Morgan fingerprint density at radius 1 is 0.385 bits per heavy atom. The number of fused-ring (bicyclic) bond motifs is 13. The van der Waals surface area contributed by atoms with Gasteiger partial charge in [0.25, 0.3) is 0 Å². The summed E-state index contributed by atoms with van der Waals surface area (Å²) < 4.78 is 2.37. The molecule has 2 aliphatic carbocycles. The first-order valence-electron chi connectivity index (χ1n) is 18.1. The Hall–Kier alpha value is -6.64. The molecule has 9 aromatic rings. The number of hydrogen-bond donors (Lipinski definition) is 0. The SMILES string of the molecule is CN(c1ccc(-c2ccc(-n3c4ccccc4c4ccccc43)cc2)cc1)c1ccc2c(c1)C1(c3ccccc3-c3ccccc31)c1ccccc1-2. The summed E-state index contributed by atoms with van der Waals surface area (Å²) in [7, 11) is 2.18. The normalized spacial score (nSPS) is 13.2. The van der Waals surface area contributed by atoms with Crippen molar-refractivity contribution in [2.75, 3.05) is 11.9 Å². The largest absolute Gasteiger partial charge is 0.345 e. The van der Waals surface area contributed by atoms with Crippen LogP contribution in [0.25, 0.3) is 60.9 Å². The van der Waals surface area contributed by atoms with Gasteiger partial charge in [-0.05, 0) is 104 Å². The van der Waals surface area contributed by atoms with Crippen molar-refractivity contribution in [3.63, 3.8) is 0 Å². The van der Waals surface area contributed by atoms with Gasteiger partial charge in [-0.25, -0.2) is 0 Å². The molecular formula is C50H34N2. The number of nitrogens with zero attached hydrogens (tertiary/aromatic N) is 2.